The van der Waals surface area contributed by atoms with E-state index in [4.69, 9.17) is 14.5 Å². The Morgan fingerprint density at radius 2 is 1.64 bits per heavy atom. The van der Waals surface area contributed by atoms with Gasteiger partial charge in [0, 0.05) is 41.0 Å². The van der Waals surface area contributed by atoms with Gasteiger partial charge in [-0.05, 0) is 85.5 Å². The second kappa shape index (κ2) is 22.4. The third kappa shape index (κ3) is 10.7. The second-order valence-electron chi connectivity index (χ2n) is 19.4. The van der Waals surface area contributed by atoms with E-state index in [0.717, 1.165) is 10.5 Å². The summed E-state index contributed by atoms with van der Waals surface area (Å²) in [5.74, 6) is -5.25. The molecule has 0 spiro atoms. The normalized spacial score (nSPS) is 19.1. The van der Waals surface area contributed by atoms with Crippen LogP contribution in [0.3, 0.4) is 0 Å². The fourth-order valence-electron chi connectivity index (χ4n) is 10.4. The second-order valence-corrected chi connectivity index (χ2v) is 20.5. The lowest BCUT2D eigenvalue weighted by atomic mass is 9.84. The lowest BCUT2D eigenvalue weighted by Gasteiger charge is -2.36. The van der Waals surface area contributed by atoms with E-state index in [1.54, 1.807) is 80.1 Å². The summed E-state index contributed by atoms with van der Waals surface area (Å²) in [6, 6.07) is 15.4. The summed E-state index contributed by atoms with van der Waals surface area (Å²) in [6.07, 6.45) is 2.23. The molecule has 0 bridgehead atoms. The van der Waals surface area contributed by atoms with Gasteiger partial charge >= 0.3 is 0 Å². The van der Waals surface area contributed by atoms with Crippen molar-refractivity contribution in [1.82, 2.24) is 41.5 Å². The average molecular weight is 1090 g/mol. The van der Waals surface area contributed by atoms with Crippen molar-refractivity contribution in [3.63, 3.8) is 0 Å². The van der Waals surface area contributed by atoms with Crippen molar-refractivity contribution in [3.8, 4) is 11.4 Å². The number of nitrogens with zero attached hydrogens (tertiary/aromatic N) is 3. The zero-order chi connectivity index (χ0) is 55.7. The van der Waals surface area contributed by atoms with Crippen molar-refractivity contribution in [2.75, 3.05) is 44.1 Å². The van der Waals surface area contributed by atoms with E-state index in [1.165, 1.54) is 30.0 Å². The Morgan fingerprint density at radius 1 is 0.910 bits per heavy atom. The maximum Gasteiger partial charge on any atom is 0.258 e. The maximum atomic E-state index is 15.0. The Kier molecular flexibility index (Phi) is 15.6. The van der Waals surface area contributed by atoms with Crippen LogP contribution < -0.4 is 42.4 Å². The van der Waals surface area contributed by atoms with Gasteiger partial charge in [-0.2, -0.15) is 11.8 Å². The van der Waals surface area contributed by atoms with Gasteiger partial charge in [0.15, 0.2) is 0 Å². The molecular formula is C55H56FN9O12S. The Balaban J connectivity index is 0.764. The third-order valence-electron chi connectivity index (χ3n) is 14.3. The first-order chi connectivity index (χ1) is 37.3. The first-order valence-electron chi connectivity index (χ1n) is 25.1. The van der Waals surface area contributed by atoms with Gasteiger partial charge in [-0.1, -0.05) is 43.8 Å². The molecule has 0 saturated carbocycles. The summed E-state index contributed by atoms with van der Waals surface area (Å²) in [7, 11) is 0. The van der Waals surface area contributed by atoms with Crippen LogP contribution >= 0.6 is 11.8 Å². The van der Waals surface area contributed by atoms with Crippen LogP contribution in [-0.4, -0.2) is 118 Å². The molecule has 1 aliphatic carbocycles. The van der Waals surface area contributed by atoms with Gasteiger partial charge < -0.3 is 46.5 Å². The quantitative estimate of drug-likeness (QED) is 0.0354. The number of hydrogen-bond acceptors (Lipinski definition) is 14. The molecule has 7 N–H and O–H groups in total. The molecule has 9 rings (SSSR count). The predicted octanol–water partition coefficient (Wildman–Crippen LogP) is 1.88. The summed E-state index contributed by atoms with van der Waals surface area (Å²) in [6.45, 7) is 6.25. The van der Waals surface area contributed by atoms with Gasteiger partial charge in [0.1, 0.15) is 43.2 Å². The van der Waals surface area contributed by atoms with E-state index in [1.807, 2.05) is 0 Å². The number of carbonyl (C=O) groups is 8. The lowest BCUT2D eigenvalue weighted by Crippen LogP contribution is -2.52. The number of aliphatic hydroxyl groups is 1. The smallest absolute Gasteiger partial charge is 0.258 e. The molecule has 3 aromatic carbocycles. The Labute approximate surface area is 450 Å². The van der Waals surface area contributed by atoms with Gasteiger partial charge in [0.05, 0.1) is 65.1 Å². The Bertz CT molecular complexity index is 3430. The molecule has 2 aromatic heterocycles. The summed E-state index contributed by atoms with van der Waals surface area (Å²) in [5.41, 5.74) is 3.18. The highest BCUT2D eigenvalue weighted by molar-refractivity contribution is 8.00. The van der Waals surface area contributed by atoms with Gasteiger partial charge in [-0.25, -0.2) is 14.3 Å². The van der Waals surface area contributed by atoms with E-state index in [9.17, 15) is 52.6 Å². The zero-order valence-corrected chi connectivity index (χ0v) is 43.8. The number of amides is 8. The van der Waals surface area contributed by atoms with Crippen LogP contribution in [-0.2, 0) is 68.1 Å². The lowest BCUT2D eigenvalue weighted by molar-refractivity contribution is -0.131. The van der Waals surface area contributed by atoms with E-state index in [2.05, 4.69) is 38.5 Å². The fourth-order valence-corrected chi connectivity index (χ4v) is 11.0. The molecule has 5 aromatic rings. The number of fused-ring (bicyclic) bond motifs is 6. The van der Waals surface area contributed by atoms with Crippen molar-refractivity contribution in [2.45, 2.75) is 82.0 Å². The highest BCUT2D eigenvalue weighted by atomic mass is 32.2. The van der Waals surface area contributed by atoms with Crippen LogP contribution in [0.1, 0.15) is 75.1 Å². The first-order valence-corrected chi connectivity index (χ1v) is 26.4. The number of ether oxygens (including phenoxy) is 2. The molecule has 1 saturated heterocycles. The highest BCUT2D eigenvalue weighted by Crippen LogP contribution is 2.50. The van der Waals surface area contributed by atoms with Crippen LogP contribution in [0.5, 0.6) is 0 Å². The number of rotatable bonds is 19. The van der Waals surface area contributed by atoms with E-state index in [0.29, 0.717) is 50.1 Å². The van der Waals surface area contributed by atoms with Gasteiger partial charge in [0.2, 0.25) is 41.4 Å². The predicted molar refractivity (Wildman–Crippen MR) is 283 cm³/mol. The molecule has 406 valence electrons. The number of carbonyl (C=O) groups excluding carboxylic acids is 8. The van der Waals surface area contributed by atoms with E-state index < -0.39 is 109 Å². The standard InChI is InChI=1S/C55H56FN9O12S/c1-6-55(75)29(4)77-24-35-36(55)18-41-49-48-34(33-14-28(3)37(56)19-38(33)63-49)17-39(50(48)65(41)53(35)73)61-46(69)25-76-26-60-44(67)22-59-52(72)40(15-30-10-8-7-9-11-30)62-45(68)23-57-43(66)21-58-51(71)31-12-27(2)13-32(16-31)64-47(70)20-42(78-5)54(64)74/h7-14,16,18-19,39-40,42,50,75H,4,6,15,17,20-26H2,1-3,5H3,(H,57,66)(H,58,71)(H,59,72)(H,60,67)(H,61,69)(H,62,68)/t39-,40-,42?,50?,55+/m0/s1. The molecule has 78 heavy (non-hydrogen) atoms. The minimum atomic E-state index is -1.64. The summed E-state index contributed by atoms with van der Waals surface area (Å²) in [4.78, 5) is 125. The van der Waals surface area contributed by atoms with Crippen molar-refractivity contribution in [2.24, 2.45) is 0 Å². The third-order valence-corrected chi connectivity index (χ3v) is 15.3. The molecule has 8 amide bonds. The number of hydrogen-bond donors (Lipinski definition) is 7. The van der Waals surface area contributed by atoms with Gasteiger partial charge in [-0.15, -0.1) is 0 Å². The number of thioether (sulfide) groups is 1. The summed E-state index contributed by atoms with van der Waals surface area (Å²) >= 11 is 1.26. The molecule has 2 unspecified atom stereocenters. The first kappa shape index (κ1) is 54.5. The van der Waals surface area contributed by atoms with Crippen LogP contribution in [0.25, 0.3) is 22.3 Å². The Hall–Kier alpha value is -8.28. The van der Waals surface area contributed by atoms with Gasteiger partial charge in [-0.3, -0.25) is 47.7 Å². The van der Waals surface area contributed by atoms with Crippen molar-refractivity contribution >= 4 is 75.6 Å². The SMILES string of the molecule is C=C1OCc2c(cc3n(c2=O)C2c4c-3nc3cc(F)c(C)cc3c4C[C@@H]2NC(=O)COCNC(=O)CNC(=O)[C@H](Cc2ccccc2)NC(=O)CNC(=O)CNC(=O)c2cc(C)cc(N3C(=O)CC(SC)C3=O)c2)[C@@]1(O)CC. The zero-order valence-electron chi connectivity index (χ0n) is 43.0. The molecule has 21 nitrogen and oxygen atoms in total. The molecule has 3 aliphatic heterocycles. The number of nitrogens with one attached hydrogen (secondary N) is 6. The van der Waals surface area contributed by atoms with Gasteiger partial charge in [0.25, 0.3) is 11.5 Å². The number of pyridine rings is 2. The number of anilines is 1. The highest BCUT2D eigenvalue weighted by Gasteiger charge is 2.48. The molecule has 4 aliphatic rings. The van der Waals surface area contributed by atoms with Crippen molar-refractivity contribution in [1.29, 1.82) is 0 Å². The Morgan fingerprint density at radius 3 is 2.37 bits per heavy atom. The largest absolute Gasteiger partial charge is 0.490 e. The molecular weight excluding hydrogens is 1030 g/mol. The van der Waals surface area contributed by atoms with Crippen LogP contribution in [0.2, 0.25) is 0 Å². The molecule has 5 heterocycles. The maximum absolute atomic E-state index is 15.0. The number of halogens is 1. The van der Waals surface area contributed by atoms with Crippen LogP contribution in [0, 0.1) is 19.7 Å². The fraction of sp³-hybridized carbons (Fsp3) is 0.345. The number of aromatic nitrogens is 2. The monoisotopic (exact) mass is 1090 g/mol. The van der Waals surface area contributed by atoms with E-state index in [-0.39, 0.29) is 66.7 Å². The molecule has 0 radical (unpaired) electrons. The minimum Gasteiger partial charge on any atom is -0.490 e. The van der Waals surface area contributed by atoms with Crippen LogP contribution in [0.15, 0.2) is 83.9 Å². The molecule has 5 atom stereocenters. The minimum absolute atomic E-state index is 0.0156. The average Bonchev–Trinajstić information content (AvgIpc) is 4.28. The summed E-state index contributed by atoms with van der Waals surface area (Å²) < 4.78 is 27.7. The van der Waals surface area contributed by atoms with Crippen LogP contribution in [0.4, 0.5) is 10.1 Å². The molecule has 1 fully saturated rings. The number of aryl methyl sites for hydroxylation is 2. The topological polar surface area (TPSA) is 286 Å². The number of benzene rings is 3. The molecule has 23 heteroatoms. The number of imide groups is 1. The van der Waals surface area contributed by atoms with Crippen molar-refractivity contribution in [3.05, 3.63) is 140 Å². The van der Waals surface area contributed by atoms with E-state index >= 15 is 0 Å². The van der Waals surface area contributed by atoms with Crippen molar-refractivity contribution < 1.29 is 57.3 Å². The summed E-state index contributed by atoms with van der Waals surface area (Å²) in [5, 5.41) is 27.2.